The van der Waals surface area contributed by atoms with Gasteiger partial charge in [-0.15, -0.1) is 0 Å². The number of aromatic nitrogens is 6. The first-order valence-electron chi connectivity index (χ1n) is 36.0. The van der Waals surface area contributed by atoms with Crippen LogP contribution in [0.2, 0.25) is 10.0 Å². The van der Waals surface area contributed by atoms with E-state index in [9.17, 15) is 57.3 Å². The summed E-state index contributed by atoms with van der Waals surface area (Å²) >= 11 is 11.9. The van der Waals surface area contributed by atoms with Crippen LogP contribution < -0.4 is 45.3 Å². The Morgan fingerprint density at radius 2 is 0.779 bits per heavy atom. The number of halogens is 5. The van der Waals surface area contributed by atoms with E-state index in [0.29, 0.717) is 200 Å². The van der Waals surface area contributed by atoms with Crippen LogP contribution in [-0.4, -0.2) is 202 Å². The molecule has 3 aliphatic rings. The van der Waals surface area contributed by atoms with Crippen LogP contribution in [-0.2, 0) is 78.1 Å². The van der Waals surface area contributed by atoms with Crippen LogP contribution in [0.4, 0.5) is 65.1 Å². The molecule has 3 amide bonds. The Balaban J connectivity index is 0.000000180. The molecule has 6 heterocycles. The molecule has 3 fully saturated rings. The first-order chi connectivity index (χ1) is 54.1. The Kier molecular flexibility index (Phi) is 29.1. The van der Waals surface area contributed by atoms with Gasteiger partial charge in [0, 0.05) is 152 Å². The summed E-state index contributed by atoms with van der Waals surface area (Å²) in [5.74, 6) is 1.38. The lowest BCUT2D eigenvalue weighted by molar-refractivity contribution is -0.138. The number of anilines is 9. The average molecular weight is 1590 g/mol. The first kappa shape index (κ1) is 83.6. The predicted octanol–water partition coefficient (Wildman–Crippen LogP) is 11.3. The van der Waals surface area contributed by atoms with Crippen molar-refractivity contribution in [3.8, 4) is 0 Å². The van der Waals surface area contributed by atoms with Gasteiger partial charge in [0.1, 0.15) is 52.4 Å². The molecule has 0 atom stereocenters. The summed E-state index contributed by atoms with van der Waals surface area (Å²) in [5, 5.41) is 37.7. The van der Waals surface area contributed by atoms with Gasteiger partial charge >= 0.3 is 24.1 Å². The monoisotopic (exact) mass is 1590 g/mol. The summed E-state index contributed by atoms with van der Waals surface area (Å²) in [4.78, 5) is 112. The van der Waals surface area contributed by atoms with E-state index in [1.165, 1.54) is 12.1 Å². The summed E-state index contributed by atoms with van der Waals surface area (Å²) in [7, 11) is 11.0. The van der Waals surface area contributed by atoms with Crippen LogP contribution in [0, 0.1) is 0 Å². The highest BCUT2D eigenvalue weighted by atomic mass is 35.5. The molecule has 27 nitrogen and oxygen atoms in total. The SMILES string of the molecule is CN(C)c1nc(Cc2ccc(NC(=O)/C=C/c3ccccc3)cc2)nc(N2CCOCC2)c1CC(=O)O.CN(C)c1nc(Cc2ccc(NC(=O)c3ccc(C(F)(F)F)cc3)cc2)nc(N2CCOCC2)c1CC(=O)O.CN(C)c1nc(Cc2ccc(NC(=O)c3ccc(Cl)c(Cl)c3)cc2)nc(N2CCOCC2)c1CC(=O)O. The number of alkyl halides is 3. The van der Waals surface area contributed by atoms with Gasteiger partial charge in [0.2, 0.25) is 5.91 Å². The minimum atomic E-state index is -4.47. The van der Waals surface area contributed by atoms with Gasteiger partial charge in [-0.05, 0) is 107 Å². The Morgan fingerprint density at radius 1 is 0.442 bits per heavy atom. The van der Waals surface area contributed by atoms with Crippen LogP contribution >= 0.6 is 23.2 Å². The predicted molar refractivity (Wildman–Crippen MR) is 428 cm³/mol. The number of hydrogen-bond donors (Lipinski definition) is 6. The Labute approximate surface area is 661 Å². The number of aliphatic carboxylic acids is 3. The van der Waals surface area contributed by atoms with E-state index in [2.05, 4.69) is 30.7 Å². The van der Waals surface area contributed by atoms with E-state index in [-0.39, 0.29) is 36.6 Å². The van der Waals surface area contributed by atoms with Gasteiger partial charge < -0.3 is 74.9 Å². The highest BCUT2D eigenvalue weighted by molar-refractivity contribution is 6.42. The summed E-state index contributed by atoms with van der Waals surface area (Å²) in [6, 6.07) is 40.2. The van der Waals surface area contributed by atoms with Crippen LogP contribution in [0.3, 0.4) is 0 Å². The average Bonchev–Trinajstić information content (AvgIpc) is 0.798. The van der Waals surface area contributed by atoms with Gasteiger partial charge in [0.15, 0.2) is 0 Å². The molecule has 3 aliphatic heterocycles. The van der Waals surface area contributed by atoms with E-state index in [1.807, 2.05) is 110 Å². The highest BCUT2D eigenvalue weighted by Crippen LogP contribution is 2.34. The molecule has 6 aromatic carbocycles. The molecule has 6 N–H and O–H groups in total. The normalized spacial score (nSPS) is 13.5. The number of morpholine rings is 3. The van der Waals surface area contributed by atoms with Gasteiger partial charge in [-0.1, -0.05) is 89.9 Å². The van der Waals surface area contributed by atoms with E-state index < -0.39 is 35.6 Å². The molecule has 3 aromatic heterocycles. The van der Waals surface area contributed by atoms with E-state index >= 15 is 0 Å². The Morgan fingerprint density at radius 3 is 1.11 bits per heavy atom. The fourth-order valence-electron chi connectivity index (χ4n) is 12.3. The lowest BCUT2D eigenvalue weighted by Gasteiger charge is -2.31. The number of rotatable bonds is 25. The van der Waals surface area contributed by atoms with Crippen LogP contribution in [0.1, 0.15) is 82.7 Å². The van der Waals surface area contributed by atoms with Crippen molar-refractivity contribution in [2.45, 2.75) is 44.7 Å². The van der Waals surface area contributed by atoms with Crippen molar-refractivity contribution in [1.29, 1.82) is 0 Å². The minimum Gasteiger partial charge on any atom is -0.481 e. The Hall–Kier alpha value is -11.8. The number of amides is 3. The largest absolute Gasteiger partial charge is 0.481 e. The Bertz CT molecular complexity index is 4840. The second-order valence-electron chi connectivity index (χ2n) is 27.0. The second-order valence-corrected chi connectivity index (χ2v) is 27.8. The minimum absolute atomic E-state index is 0.105. The van der Waals surface area contributed by atoms with Crippen molar-refractivity contribution in [3.05, 3.63) is 235 Å². The fraction of sp³-hybridized carbons (Fsp3) is 0.309. The number of ether oxygens (including phenoxy) is 3. The standard InChI is InChI=1S/C28H31N5O4.C27H28F3N5O4.C26H27Cl2N5O4/c1-32(2)27-23(19-26(35)36)28(33-14-16-37-17-15-33)31-24(30-27)18-21-8-11-22(12-9-21)29-25(34)13-10-20-6-4-3-5-7-20;1-34(2)24-21(16-23(36)37)25(35-11-13-39-14-12-35)33-22(32-24)15-17-3-9-20(10-4-17)31-26(38)18-5-7-19(8-6-18)27(28,29)30;1-32(2)24-19(15-23(34)35)25(33-9-11-37-12-10-33)31-22(30-24)13-16-3-6-18(7-4-16)29-26(36)17-5-8-20(27)21(28)14-17/h3-13H,14-19H2,1-2H3,(H,29,34)(H,35,36);3-10H,11-16H2,1-2H3,(H,31,38)(H,36,37);3-8,14H,9-13,15H2,1-2H3,(H,29,36)(H,34,35)/b13-10+;;. The molecule has 592 valence electrons. The van der Waals surface area contributed by atoms with Crippen LogP contribution in [0.15, 0.2) is 152 Å². The van der Waals surface area contributed by atoms with Gasteiger partial charge in [0.05, 0.1) is 74.5 Å². The second kappa shape index (κ2) is 39.4. The number of benzene rings is 6. The van der Waals surface area contributed by atoms with E-state index in [1.54, 1.807) is 73.6 Å². The number of hydrogen-bond acceptors (Lipinski definition) is 21. The van der Waals surface area contributed by atoms with Crippen molar-refractivity contribution in [2.75, 3.05) is 167 Å². The van der Waals surface area contributed by atoms with Crippen molar-refractivity contribution < 1.29 is 71.5 Å². The van der Waals surface area contributed by atoms with E-state index in [4.69, 9.17) is 62.3 Å². The van der Waals surface area contributed by atoms with Crippen molar-refractivity contribution >= 4 is 117 Å². The molecule has 113 heavy (non-hydrogen) atoms. The fourth-order valence-corrected chi connectivity index (χ4v) is 12.6. The molecule has 12 rings (SSSR count). The maximum atomic E-state index is 12.8. The third kappa shape index (κ3) is 24.1. The molecular weight excluding hydrogens is 1500 g/mol. The number of nitrogens with zero attached hydrogens (tertiary/aromatic N) is 12. The smallest absolute Gasteiger partial charge is 0.416 e. The summed E-state index contributed by atoms with van der Waals surface area (Å²) in [5.41, 5.74) is 6.93. The third-order valence-corrected chi connectivity index (χ3v) is 18.6. The molecule has 32 heteroatoms. The molecule has 3 saturated heterocycles. The number of carbonyl (C=O) groups is 6. The van der Waals surface area contributed by atoms with Gasteiger partial charge in [-0.25, -0.2) is 29.9 Å². The lowest BCUT2D eigenvalue weighted by atomic mass is 10.1. The lowest BCUT2D eigenvalue weighted by Crippen LogP contribution is -2.38. The third-order valence-electron chi connectivity index (χ3n) is 17.8. The zero-order valence-corrected chi connectivity index (χ0v) is 64.5. The van der Waals surface area contributed by atoms with Gasteiger partial charge in [0.25, 0.3) is 11.8 Å². The maximum absolute atomic E-state index is 12.8. The maximum Gasteiger partial charge on any atom is 0.416 e. The molecule has 0 aliphatic carbocycles. The zero-order valence-electron chi connectivity index (χ0n) is 63.0. The van der Waals surface area contributed by atoms with Crippen molar-refractivity contribution in [3.63, 3.8) is 0 Å². The number of nitrogens with one attached hydrogen (secondary N) is 3. The summed E-state index contributed by atoms with van der Waals surface area (Å²) in [6.45, 7) is 6.99. The molecule has 0 unspecified atom stereocenters. The molecule has 9 aromatic rings. The first-order valence-corrected chi connectivity index (χ1v) is 36.8. The van der Waals surface area contributed by atoms with E-state index in [0.717, 1.165) is 46.5 Å². The quantitative estimate of drug-likeness (QED) is 0.0290. The highest BCUT2D eigenvalue weighted by Gasteiger charge is 2.32. The number of carbonyl (C=O) groups excluding carboxylic acids is 3. The van der Waals surface area contributed by atoms with Crippen LogP contribution in [0.25, 0.3) is 6.08 Å². The zero-order chi connectivity index (χ0) is 80.9. The summed E-state index contributed by atoms with van der Waals surface area (Å²) < 4.78 is 54.7. The molecule has 0 saturated carbocycles. The molecule has 0 spiro atoms. The number of carboxylic acid groups (broad SMARTS) is 3. The van der Waals surface area contributed by atoms with Crippen LogP contribution in [0.5, 0.6) is 0 Å². The van der Waals surface area contributed by atoms with Gasteiger partial charge in [-0.3, -0.25) is 28.8 Å². The topological polar surface area (TPSA) is 324 Å². The van der Waals surface area contributed by atoms with Crippen molar-refractivity contribution in [1.82, 2.24) is 29.9 Å². The molecule has 0 bridgehead atoms. The van der Waals surface area contributed by atoms with Gasteiger partial charge in [-0.2, -0.15) is 13.2 Å². The molecule has 0 radical (unpaired) electrons. The molecular formula is C81H86Cl2F3N15O12. The number of carboxylic acids is 3. The van der Waals surface area contributed by atoms with Crippen molar-refractivity contribution in [2.24, 2.45) is 0 Å². The summed E-state index contributed by atoms with van der Waals surface area (Å²) in [6.07, 6.45) is -0.482.